The first-order valence-corrected chi connectivity index (χ1v) is 10.3. The van der Waals surface area contributed by atoms with Crippen molar-refractivity contribution in [1.82, 2.24) is 10.0 Å². The number of amides is 1. The van der Waals surface area contributed by atoms with E-state index in [2.05, 4.69) is 10.0 Å². The Kier molecular flexibility index (Phi) is 7.43. The van der Waals surface area contributed by atoms with Crippen molar-refractivity contribution in [1.29, 1.82) is 0 Å². The standard InChI is InChI=1S/C19H23N3O6S/c1-13-3-4-14(2)18(11-13)29(27,28)21-10-9-19(24)20-12-17(23)15-5-7-16(8-6-15)22(25)26/h3-8,11,17,21,23H,9-10,12H2,1-2H3,(H,20,24)/t17-/m0/s1. The van der Waals surface area contributed by atoms with E-state index in [1.807, 2.05) is 6.07 Å². The molecule has 0 aliphatic heterocycles. The molecule has 156 valence electrons. The number of nitrogens with one attached hydrogen (secondary N) is 2. The van der Waals surface area contributed by atoms with Gasteiger partial charge in [-0.3, -0.25) is 14.9 Å². The van der Waals surface area contributed by atoms with Crippen LogP contribution in [-0.2, 0) is 14.8 Å². The summed E-state index contributed by atoms with van der Waals surface area (Å²) in [5, 5.41) is 23.2. The quantitative estimate of drug-likeness (QED) is 0.416. The maximum absolute atomic E-state index is 12.4. The minimum Gasteiger partial charge on any atom is -0.387 e. The molecule has 10 heteroatoms. The molecule has 2 aromatic rings. The third kappa shape index (κ3) is 6.34. The van der Waals surface area contributed by atoms with Crippen molar-refractivity contribution in [2.45, 2.75) is 31.3 Å². The first-order chi connectivity index (χ1) is 13.6. The fourth-order valence-electron chi connectivity index (χ4n) is 2.61. The summed E-state index contributed by atoms with van der Waals surface area (Å²) in [6.45, 7) is 3.30. The molecule has 0 aliphatic carbocycles. The molecule has 1 amide bonds. The van der Waals surface area contributed by atoms with Gasteiger partial charge < -0.3 is 10.4 Å². The molecular weight excluding hydrogens is 398 g/mol. The van der Waals surface area contributed by atoms with Crippen LogP contribution in [0.3, 0.4) is 0 Å². The molecule has 29 heavy (non-hydrogen) atoms. The van der Waals surface area contributed by atoms with E-state index < -0.39 is 27.0 Å². The highest BCUT2D eigenvalue weighted by Crippen LogP contribution is 2.18. The number of aliphatic hydroxyl groups is 1. The van der Waals surface area contributed by atoms with Crippen molar-refractivity contribution in [2.24, 2.45) is 0 Å². The number of nitrogens with zero attached hydrogens (tertiary/aromatic N) is 1. The number of nitro groups is 1. The molecule has 0 aromatic heterocycles. The Morgan fingerprint density at radius 1 is 1.17 bits per heavy atom. The van der Waals surface area contributed by atoms with Crippen molar-refractivity contribution < 1.29 is 23.2 Å². The third-order valence-electron chi connectivity index (χ3n) is 4.26. The lowest BCUT2D eigenvalue weighted by Crippen LogP contribution is -2.33. The van der Waals surface area contributed by atoms with Gasteiger partial charge in [-0.05, 0) is 48.7 Å². The lowest BCUT2D eigenvalue weighted by atomic mass is 10.1. The zero-order valence-corrected chi connectivity index (χ0v) is 16.9. The van der Waals surface area contributed by atoms with Gasteiger partial charge in [-0.25, -0.2) is 13.1 Å². The van der Waals surface area contributed by atoms with Crippen LogP contribution in [0.15, 0.2) is 47.4 Å². The summed E-state index contributed by atoms with van der Waals surface area (Å²) < 4.78 is 27.2. The molecule has 0 saturated carbocycles. The van der Waals surface area contributed by atoms with Crippen LogP contribution in [0, 0.1) is 24.0 Å². The zero-order chi connectivity index (χ0) is 21.6. The molecule has 0 spiro atoms. The van der Waals surface area contributed by atoms with Crippen molar-refractivity contribution in [2.75, 3.05) is 13.1 Å². The normalized spacial score (nSPS) is 12.4. The Labute approximate surface area is 169 Å². The van der Waals surface area contributed by atoms with E-state index in [4.69, 9.17) is 0 Å². The number of sulfonamides is 1. The summed E-state index contributed by atoms with van der Waals surface area (Å²) >= 11 is 0. The maximum Gasteiger partial charge on any atom is 0.269 e. The van der Waals surface area contributed by atoms with Gasteiger partial charge in [0.25, 0.3) is 5.69 Å². The van der Waals surface area contributed by atoms with Crippen LogP contribution in [0.5, 0.6) is 0 Å². The average molecular weight is 421 g/mol. The minimum atomic E-state index is -3.73. The van der Waals surface area contributed by atoms with Crippen molar-refractivity contribution in [3.63, 3.8) is 0 Å². The second-order valence-corrected chi connectivity index (χ2v) is 8.32. The average Bonchev–Trinajstić information content (AvgIpc) is 2.67. The van der Waals surface area contributed by atoms with E-state index in [0.29, 0.717) is 11.1 Å². The van der Waals surface area contributed by atoms with Crippen LogP contribution in [0.2, 0.25) is 0 Å². The van der Waals surface area contributed by atoms with E-state index in [1.54, 1.807) is 26.0 Å². The Hall–Kier alpha value is -2.82. The van der Waals surface area contributed by atoms with E-state index in [-0.39, 0.29) is 30.1 Å². The number of carbonyl (C=O) groups excluding carboxylic acids is 1. The number of non-ortho nitro benzene ring substituents is 1. The number of nitro benzene ring substituents is 1. The predicted molar refractivity (Wildman–Crippen MR) is 107 cm³/mol. The second kappa shape index (κ2) is 9.59. The van der Waals surface area contributed by atoms with Gasteiger partial charge in [-0.15, -0.1) is 0 Å². The number of hydrogen-bond acceptors (Lipinski definition) is 6. The molecule has 0 fully saturated rings. The van der Waals surface area contributed by atoms with Gasteiger partial charge in [0.15, 0.2) is 0 Å². The molecule has 9 nitrogen and oxygen atoms in total. The number of hydrogen-bond donors (Lipinski definition) is 3. The van der Waals surface area contributed by atoms with Crippen LogP contribution in [0.25, 0.3) is 0 Å². The highest BCUT2D eigenvalue weighted by atomic mass is 32.2. The predicted octanol–water partition coefficient (Wildman–Crippen LogP) is 1.73. The highest BCUT2D eigenvalue weighted by Gasteiger charge is 2.17. The van der Waals surface area contributed by atoms with Gasteiger partial charge >= 0.3 is 0 Å². The third-order valence-corrected chi connectivity index (χ3v) is 5.86. The first kappa shape index (κ1) is 22.5. The minimum absolute atomic E-state index is 0.0881. The molecular formula is C19H23N3O6S. The molecule has 0 bridgehead atoms. The molecule has 3 N–H and O–H groups in total. The first-order valence-electron chi connectivity index (χ1n) is 8.86. The Morgan fingerprint density at radius 3 is 2.45 bits per heavy atom. The van der Waals surface area contributed by atoms with Crippen LogP contribution in [-0.4, -0.2) is 37.4 Å². The van der Waals surface area contributed by atoms with E-state index in [9.17, 15) is 28.4 Å². The van der Waals surface area contributed by atoms with Crippen molar-refractivity contribution in [3.8, 4) is 0 Å². The van der Waals surface area contributed by atoms with Crippen LogP contribution in [0.1, 0.15) is 29.2 Å². The van der Waals surface area contributed by atoms with Crippen molar-refractivity contribution >= 4 is 21.6 Å². The van der Waals surface area contributed by atoms with Crippen molar-refractivity contribution in [3.05, 3.63) is 69.3 Å². The topological polar surface area (TPSA) is 139 Å². The molecule has 1 atom stereocenters. The summed E-state index contributed by atoms with van der Waals surface area (Å²) in [7, 11) is -3.73. The van der Waals surface area contributed by atoms with Gasteiger partial charge in [0, 0.05) is 31.6 Å². The van der Waals surface area contributed by atoms with E-state index in [1.165, 1.54) is 24.3 Å². The summed E-state index contributed by atoms with van der Waals surface area (Å²) in [6.07, 6.45) is -1.14. The van der Waals surface area contributed by atoms with Crippen LogP contribution >= 0.6 is 0 Å². The van der Waals surface area contributed by atoms with Crippen LogP contribution in [0.4, 0.5) is 5.69 Å². The molecule has 0 heterocycles. The SMILES string of the molecule is Cc1ccc(C)c(S(=O)(=O)NCCC(=O)NC[C@H](O)c2ccc([N+](=O)[O-])cc2)c1. The Balaban J connectivity index is 1.82. The van der Waals surface area contributed by atoms with E-state index in [0.717, 1.165) is 5.56 Å². The number of aryl methyl sites for hydroxylation is 2. The van der Waals surface area contributed by atoms with E-state index >= 15 is 0 Å². The maximum atomic E-state index is 12.4. The van der Waals surface area contributed by atoms with Gasteiger partial charge in [0.2, 0.25) is 15.9 Å². The fraction of sp³-hybridized carbons (Fsp3) is 0.316. The van der Waals surface area contributed by atoms with Gasteiger partial charge in [0.1, 0.15) is 0 Å². The molecule has 2 aromatic carbocycles. The fourth-order valence-corrected chi connectivity index (χ4v) is 3.97. The second-order valence-electron chi connectivity index (χ2n) is 6.59. The number of benzene rings is 2. The van der Waals surface area contributed by atoms with Crippen LogP contribution < -0.4 is 10.0 Å². The lowest BCUT2D eigenvalue weighted by molar-refractivity contribution is -0.384. The van der Waals surface area contributed by atoms with Gasteiger partial charge in [-0.2, -0.15) is 0 Å². The van der Waals surface area contributed by atoms with Gasteiger partial charge in [0.05, 0.1) is 15.9 Å². The zero-order valence-electron chi connectivity index (χ0n) is 16.1. The lowest BCUT2D eigenvalue weighted by Gasteiger charge is -2.13. The molecule has 0 aliphatic rings. The van der Waals surface area contributed by atoms with Gasteiger partial charge in [-0.1, -0.05) is 12.1 Å². The highest BCUT2D eigenvalue weighted by molar-refractivity contribution is 7.89. The largest absolute Gasteiger partial charge is 0.387 e. The smallest absolute Gasteiger partial charge is 0.269 e. The number of rotatable bonds is 9. The summed E-state index contributed by atoms with van der Waals surface area (Å²) in [5.74, 6) is -0.436. The number of carbonyl (C=O) groups is 1. The summed E-state index contributed by atoms with van der Waals surface area (Å²) in [5.41, 5.74) is 1.75. The molecule has 2 rings (SSSR count). The Bertz CT molecular complexity index is 990. The molecule has 0 saturated heterocycles. The molecule has 0 unspecified atom stereocenters. The number of aliphatic hydroxyl groups excluding tert-OH is 1. The Morgan fingerprint density at radius 2 is 1.83 bits per heavy atom. The summed E-state index contributed by atoms with van der Waals surface area (Å²) in [6, 6.07) is 10.5. The summed E-state index contributed by atoms with van der Waals surface area (Å²) in [4.78, 5) is 22.2. The molecule has 0 radical (unpaired) electrons. The monoisotopic (exact) mass is 421 g/mol.